The van der Waals surface area contributed by atoms with Crippen LogP contribution in [0.3, 0.4) is 0 Å². The Labute approximate surface area is 229 Å². The molecule has 0 spiro atoms. The third-order valence-corrected chi connectivity index (χ3v) is 7.35. The van der Waals surface area contributed by atoms with Crippen LogP contribution in [-0.2, 0) is 20.9 Å². The molecule has 5 rings (SSSR count). The van der Waals surface area contributed by atoms with Crippen molar-refractivity contribution in [2.24, 2.45) is 0 Å². The van der Waals surface area contributed by atoms with E-state index in [-0.39, 0.29) is 18.3 Å². The predicted molar refractivity (Wildman–Crippen MR) is 149 cm³/mol. The standard InChI is InChI=1S/C33H33NO5/c1-4-38-33(36)30-21(2)34-26-17-25(23-13-9-6-10-14-23)18-27(35)32(26)31(30)24-15-16-28(29(19-24)37-3)39-20-22-11-7-5-8-12-22/h5-16,19,25,31,34H,4,17-18,20H2,1-3H3/t25-,31-/m0/s1. The van der Waals surface area contributed by atoms with Crippen LogP contribution in [0.15, 0.2) is 101 Å². The summed E-state index contributed by atoms with van der Waals surface area (Å²) in [6.45, 7) is 4.29. The zero-order valence-electron chi connectivity index (χ0n) is 22.5. The molecule has 6 heteroatoms. The average Bonchev–Trinajstić information content (AvgIpc) is 2.96. The zero-order chi connectivity index (χ0) is 27.4. The van der Waals surface area contributed by atoms with Crippen LogP contribution in [0.1, 0.15) is 55.2 Å². The van der Waals surface area contributed by atoms with E-state index < -0.39 is 11.9 Å². The first-order chi connectivity index (χ1) is 19.0. The van der Waals surface area contributed by atoms with Crippen molar-refractivity contribution >= 4 is 11.8 Å². The topological polar surface area (TPSA) is 73.9 Å². The molecule has 0 saturated carbocycles. The minimum Gasteiger partial charge on any atom is -0.493 e. The Morgan fingerprint density at radius 2 is 1.64 bits per heavy atom. The Balaban J connectivity index is 1.53. The molecule has 1 N–H and O–H groups in total. The number of Topliss-reactive ketones (excluding diaryl/α,β-unsaturated/α-hetero) is 1. The van der Waals surface area contributed by atoms with E-state index in [0.29, 0.717) is 47.8 Å². The molecular formula is C33H33NO5. The van der Waals surface area contributed by atoms with Crippen molar-refractivity contribution in [3.63, 3.8) is 0 Å². The van der Waals surface area contributed by atoms with E-state index in [1.807, 2.05) is 73.7 Å². The monoisotopic (exact) mass is 523 g/mol. The molecule has 0 amide bonds. The van der Waals surface area contributed by atoms with Crippen LogP contribution >= 0.6 is 0 Å². The summed E-state index contributed by atoms with van der Waals surface area (Å²) in [5.41, 5.74) is 5.58. The highest BCUT2D eigenvalue weighted by Crippen LogP contribution is 2.47. The van der Waals surface area contributed by atoms with Crippen LogP contribution in [0.4, 0.5) is 0 Å². The van der Waals surface area contributed by atoms with Crippen LogP contribution in [0, 0.1) is 0 Å². The second-order valence-corrected chi connectivity index (χ2v) is 9.83. The number of methoxy groups -OCH3 is 1. The molecule has 1 aliphatic carbocycles. The number of hydrogen-bond donors (Lipinski definition) is 1. The number of rotatable bonds is 8. The summed E-state index contributed by atoms with van der Waals surface area (Å²) in [4.78, 5) is 27.0. The number of carbonyl (C=O) groups is 2. The van der Waals surface area contributed by atoms with E-state index in [9.17, 15) is 9.59 Å². The van der Waals surface area contributed by atoms with E-state index in [4.69, 9.17) is 14.2 Å². The average molecular weight is 524 g/mol. The summed E-state index contributed by atoms with van der Waals surface area (Å²) in [6, 6.07) is 25.6. The lowest BCUT2D eigenvalue weighted by Gasteiger charge is -2.36. The smallest absolute Gasteiger partial charge is 0.336 e. The summed E-state index contributed by atoms with van der Waals surface area (Å²) in [6.07, 6.45) is 1.07. The molecular weight excluding hydrogens is 490 g/mol. The third-order valence-electron chi connectivity index (χ3n) is 7.35. The minimum atomic E-state index is -0.568. The number of carbonyl (C=O) groups excluding carboxylic acids is 2. The third kappa shape index (κ3) is 5.46. The molecule has 3 aromatic carbocycles. The largest absolute Gasteiger partial charge is 0.493 e. The molecule has 0 aromatic heterocycles. The summed E-state index contributed by atoms with van der Waals surface area (Å²) >= 11 is 0. The van der Waals surface area contributed by atoms with Gasteiger partial charge in [-0.05, 0) is 55.0 Å². The Bertz CT molecular complexity index is 1420. The number of benzene rings is 3. The fourth-order valence-electron chi connectivity index (χ4n) is 5.53. The second kappa shape index (κ2) is 11.6. The molecule has 0 bridgehead atoms. The van der Waals surface area contributed by atoms with Crippen LogP contribution in [0.25, 0.3) is 0 Å². The van der Waals surface area contributed by atoms with Gasteiger partial charge in [0.05, 0.1) is 19.3 Å². The van der Waals surface area contributed by atoms with Gasteiger partial charge in [0.15, 0.2) is 17.3 Å². The summed E-state index contributed by atoms with van der Waals surface area (Å²) in [5.74, 6) is 0.231. The zero-order valence-corrected chi connectivity index (χ0v) is 22.5. The summed E-state index contributed by atoms with van der Waals surface area (Å²) in [7, 11) is 1.59. The predicted octanol–water partition coefficient (Wildman–Crippen LogP) is 6.20. The molecule has 2 atom stereocenters. The van der Waals surface area contributed by atoms with Gasteiger partial charge in [-0.25, -0.2) is 4.79 Å². The molecule has 0 saturated heterocycles. The van der Waals surface area contributed by atoms with Gasteiger partial charge in [-0.3, -0.25) is 4.79 Å². The minimum absolute atomic E-state index is 0.0280. The first kappa shape index (κ1) is 26.3. The molecule has 0 fully saturated rings. The molecule has 6 nitrogen and oxygen atoms in total. The molecule has 1 heterocycles. The fraction of sp³-hybridized carbons (Fsp3) is 0.273. The highest BCUT2D eigenvalue weighted by atomic mass is 16.5. The number of ether oxygens (including phenoxy) is 3. The van der Waals surface area contributed by atoms with E-state index in [1.54, 1.807) is 14.0 Å². The van der Waals surface area contributed by atoms with Gasteiger partial charge in [-0.1, -0.05) is 66.7 Å². The van der Waals surface area contributed by atoms with E-state index in [0.717, 1.165) is 22.4 Å². The summed E-state index contributed by atoms with van der Waals surface area (Å²) in [5, 5.41) is 3.40. The van der Waals surface area contributed by atoms with Gasteiger partial charge in [0.25, 0.3) is 0 Å². The second-order valence-electron chi connectivity index (χ2n) is 9.83. The maximum Gasteiger partial charge on any atom is 0.336 e. The van der Waals surface area contributed by atoms with Gasteiger partial charge < -0.3 is 19.5 Å². The lowest BCUT2D eigenvalue weighted by Crippen LogP contribution is -2.36. The molecule has 3 aromatic rings. The maximum absolute atomic E-state index is 13.8. The Morgan fingerprint density at radius 1 is 0.923 bits per heavy atom. The van der Waals surface area contributed by atoms with Crippen molar-refractivity contribution in [1.29, 1.82) is 0 Å². The number of esters is 1. The molecule has 200 valence electrons. The fourth-order valence-corrected chi connectivity index (χ4v) is 5.53. The SMILES string of the molecule is CCOC(=O)C1=C(C)NC2=C(C(=O)C[C@@H](c3ccccc3)C2)[C@H]1c1ccc(OCc2ccccc2)c(OC)c1. The van der Waals surface area contributed by atoms with Gasteiger partial charge in [-0.2, -0.15) is 0 Å². The highest BCUT2D eigenvalue weighted by molar-refractivity contribution is 6.04. The Morgan fingerprint density at radius 3 is 2.33 bits per heavy atom. The lowest BCUT2D eigenvalue weighted by molar-refractivity contribution is -0.138. The molecule has 0 radical (unpaired) electrons. The van der Waals surface area contributed by atoms with E-state index in [1.165, 1.54) is 0 Å². The van der Waals surface area contributed by atoms with Gasteiger partial charge >= 0.3 is 5.97 Å². The number of hydrogen-bond acceptors (Lipinski definition) is 6. The van der Waals surface area contributed by atoms with Crippen LogP contribution in [0.2, 0.25) is 0 Å². The van der Waals surface area contributed by atoms with E-state index in [2.05, 4.69) is 17.4 Å². The highest BCUT2D eigenvalue weighted by Gasteiger charge is 2.41. The van der Waals surface area contributed by atoms with Gasteiger partial charge in [0.1, 0.15) is 6.61 Å². The van der Waals surface area contributed by atoms with Crippen molar-refractivity contribution in [1.82, 2.24) is 5.32 Å². The van der Waals surface area contributed by atoms with Crippen LogP contribution in [-0.4, -0.2) is 25.5 Å². The van der Waals surface area contributed by atoms with Crippen molar-refractivity contribution in [3.8, 4) is 11.5 Å². The number of ketones is 1. The Hall–Kier alpha value is -4.32. The summed E-state index contributed by atoms with van der Waals surface area (Å²) < 4.78 is 17.2. The Kier molecular flexibility index (Phi) is 7.82. The molecule has 0 unspecified atom stereocenters. The van der Waals surface area contributed by atoms with Gasteiger partial charge in [0.2, 0.25) is 0 Å². The van der Waals surface area contributed by atoms with Crippen molar-refractivity contribution in [3.05, 3.63) is 118 Å². The van der Waals surface area contributed by atoms with Crippen molar-refractivity contribution < 1.29 is 23.8 Å². The van der Waals surface area contributed by atoms with E-state index >= 15 is 0 Å². The molecule has 1 aliphatic heterocycles. The molecule has 2 aliphatic rings. The molecule has 39 heavy (non-hydrogen) atoms. The number of allylic oxidation sites excluding steroid dienone is 3. The lowest BCUT2D eigenvalue weighted by atomic mass is 9.71. The number of dihydropyridines is 1. The van der Waals surface area contributed by atoms with Crippen molar-refractivity contribution in [2.75, 3.05) is 13.7 Å². The number of nitrogens with one attached hydrogen (secondary N) is 1. The van der Waals surface area contributed by atoms with Gasteiger partial charge in [0, 0.05) is 29.3 Å². The van der Waals surface area contributed by atoms with Crippen molar-refractivity contribution in [2.45, 2.75) is 45.1 Å². The first-order valence-electron chi connectivity index (χ1n) is 13.3. The first-order valence-corrected chi connectivity index (χ1v) is 13.3. The van der Waals surface area contributed by atoms with Crippen LogP contribution in [0.5, 0.6) is 11.5 Å². The normalized spacial score (nSPS) is 18.8. The van der Waals surface area contributed by atoms with Gasteiger partial charge in [-0.15, -0.1) is 0 Å². The quantitative estimate of drug-likeness (QED) is 0.355. The van der Waals surface area contributed by atoms with Crippen LogP contribution < -0.4 is 14.8 Å². The maximum atomic E-state index is 13.8.